The van der Waals surface area contributed by atoms with Crippen molar-refractivity contribution in [1.82, 2.24) is 4.90 Å². The Morgan fingerprint density at radius 2 is 2.11 bits per heavy atom. The summed E-state index contributed by atoms with van der Waals surface area (Å²) in [5.74, 6) is 0.938. The molecule has 1 aliphatic rings. The van der Waals surface area contributed by atoms with E-state index in [-0.39, 0.29) is 6.04 Å². The molecule has 2 N–H and O–H groups in total. The van der Waals surface area contributed by atoms with Gasteiger partial charge in [-0.25, -0.2) is 0 Å². The van der Waals surface area contributed by atoms with Gasteiger partial charge < -0.3 is 10.6 Å². The van der Waals surface area contributed by atoms with Crippen LogP contribution in [0.15, 0.2) is 30.3 Å². The molecule has 1 fully saturated rings. The van der Waals surface area contributed by atoms with Crippen molar-refractivity contribution in [3.63, 3.8) is 0 Å². The minimum Gasteiger partial charge on any atom is -0.324 e. The predicted octanol–water partition coefficient (Wildman–Crippen LogP) is 3.20. The summed E-state index contributed by atoms with van der Waals surface area (Å²) in [6.07, 6.45) is 5.03. The minimum absolute atomic E-state index is 0.204. The van der Waals surface area contributed by atoms with Gasteiger partial charge in [-0.2, -0.15) is 0 Å². The van der Waals surface area contributed by atoms with Crippen LogP contribution in [-0.2, 0) is 0 Å². The summed E-state index contributed by atoms with van der Waals surface area (Å²) in [5.41, 5.74) is 7.48. The SMILES string of the molecule is CCC1CCN(CCCC(N)c2ccccc2)C1. The zero-order chi connectivity index (χ0) is 12.8. The van der Waals surface area contributed by atoms with Gasteiger partial charge in [-0.05, 0) is 43.8 Å². The molecule has 1 heterocycles. The predicted molar refractivity (Wildman–Crippen MR) is 77.4 cm³/mol. The first kappa shape index (κ1) is 13.6. The van der Waals surface area contributed by atoms with Crippen molar-refractivity contribution in [2.24, 2.45) is 11.7 Å². The van der Waals surface area contributed by atoms with E-state index in [4.69, 9.17) is 5.73 Å². The first-order valence-corrected chi connectivity index (χ1v) is 7.32. The molecule has 1 aromatic rings. The van der Waals surface area contributed by atoms with Gasteiger partial charge in [0.05, 0.1) is 0 Å². The third-order valence-corrected chi connectivity index (χ3v) is 4.16. The average Bonchev–Trinajstić information content (AvgIpc) is 2.87. The van der Waals surface area contributed by atoms with Crippen molar-refractivity contribution in [2.75, 3.05) is 19.6 Å². The van der Waals surface area contributed by atoms with Gasteiger partial charge in [0, 0.05) is 12.6 Å². The van der Waals surface area contributed by atoms with E-state index >= 15 is 0 Å². The summed E-state index contributed by atoms with van der Waals surface area (Å²) in [4.78, 5) is 2.60. The van der Waals surface area contributed by atoms with Crippen LogP contribution in [0.25, 0.3) is 0 Å². The van der Waals surface area contributed by atoms with Gasteiger partial charge in [0.2, 0.25) is 0 Å². The summed E-state index contributed by atoms with van der Waals surface area (Å²) in [6.45, 7) is 6.12. The maximum atomic E-state index is 6.21. The summed E-state index contributed by atoms with van der Waals surface area (Å²) >= 11 is 0. The normalized spacial score (nSPS) is 22.2. The van der Waals surface area contributed by atoms with Crippen molar-refractivity contribution in [3.05, 3.63) is 35.9 Å². The molecule has 0 amide bonds. The minimum atomic E-state index is 0.204. The Labute approximate surface area is 111 Å². The van der Waals surface area contributed by atoms with E-state index in [1.165, 1.54) is 44.5 Å². The third kappa shape index (κ3) is 3.82. The molecule has 1 aromatic carbocycles. The Balaban J connectivity index is 1.67. The molecule has 1 saturated heterocycles. The maximum Gasteiger partial charge on any atom is 0.0295 e. The molecule has 0 saturated carbocycles. The van der Waals surface area contributed by atoms with Crippen molar-refractivity contribution in [3.8, 4) is 0 Å². The molecule has 2 atom stereocenters. The summed E-state index contributed by atoms with van der Waals surface area (Å²) in [7, 11) is 0. The Kier molecular flexibility index (Phi) is 5.21. The van der Waals surface area contributed by atoms with E-state index in [9.17, 15) is 0 Å². The fourth-order valence-electron chi connectivity index (χ4n) is 2.85. The number of hydrogen-bond donors (Lipinski definition) is 1. The quantitative estimate of drug-likeness (QED) is 0.835. The second-order valence-corrected chi connectivity index (χ2v) is 5.52. The van der Waals surface area contributed by atoms with Crippen LogP contribution in [-0.4, -0.2) is 24.5 Å². The van der Waals surface area contributed by atoms with E-state index in [0.29, 0.717) is 0 Å². The second kappa shape index (κ2) is 6.91. The van der Waals surface area contributed by atoms with Crippen molar-refractivity contribution in [1.29, 1.82) is 0 Å². The van der Waals surface area contributed by atoms with Crippen LogP contribution < -0.4 is 5.73 Å². The largest absolute Gasteiger partial charge is 0.324 e. The Hall–Kier alpha value is -0.860. The van der Waals surface area contributed by atoms with Gasteiger partial charge in [0.25, 0.3) is 0 Å². The molecule has 1 aliphatic heterocycles. The van der Waals surface area contributed by atoms with Gasteiger partial charge >= 0.3 is 0 Å². The number of benzene rings is 1. The monoisotopic (exact) mass is 246 g/mol. The summed E-state index contributed by atoms with van der Waals surface area (Å²) in [5, 5.41) is 0. The Morgan fingerprint density at radius 3 is 2.78 bits per heavy atom. The lowest BCUT2D eigenvalue weighted by molar-refractivity contribution is 0.311. The van der Waals surface area contributed by atoms with E-state index in [2.05, 4.69) is 36.1 Å². The number of rotatable bonds is 6. The van der Waals surface area contributed by atoms with Crippen LogP contribution in [0.4, 0.5) is 0 Å². The second-order valence-electron chi connectivity index (χ2n) is 5.52. The third-order valence-electron chi connectivity index (χ3n) is 4.16. The average molecular weight is 246 g/mol. The van der Waals surface area contributed by atoms with Crippen molar-refractivity contribution >= 4 is 0 Å². The molecule has 0 radical (unpaired) electrons. The van der Waals surface area contributed by atoms with Gasteiger partial charge in [-0.1, -0.05) is 43.7 Å². The fraction of sp³-hybridized carbons (Fsp3) is 0.625. The van der Waals surface area contributed by atoms with Gasteiger partial charge in [0.15, 0.2) is 0 Å². The molecule has 100 valence electrons. The first-order chi connectivity index (χ1) is 8.79. The molecule has 2 nitrogen and oxygen atoms in total. The number of hydrogen-bond acceptors (Lipinski definition) is 2. The molecule has 2 heteroatoms. The summed E-state index contributed by atoms with van der Waals surface area (Å²) in [6, 6.07) is 10.7. The first-order valence-electron chi connectivity index (χ1n) is 7.32. The van der Waals surface area contributed by atoms with Crippen molar-refractivity contribution < 1.29 is 0 Å². The zero-order valence-corrected chi connectivity index (χ0v) is 11.5. The van der Waals surface area contributed by atoms with Gasteiger partial charge in [0.1, 0.15) is 0 Å². The topological polar surface area (TPSA) is 29.3 Å². The van der Waals surface area contributed by atoms with E-state index < -0.39 is 0 Å². The smallest absolute Gasteiger partial charge is 0.0295 e. The highest BCUT2D eigenvalue weighted by Crippen LogP contribution is 2.20. The molecule has 0 aliphatic carbocycles. The standard InChI is InChI=1S/C16H26N2/c1-2-14-10-12-18(13-14)11-6-9-16(17)15-7-4-3-5-8-15/h3-5,7-8,14,16H,2,6,9-13,17H2,1H3. The highest BCUT2D eigenvalue weighted by molar-refractivity contribution is 5.18. The van der Waals surface area contributed by atoms with Crippen LogP contribution in [0.5, 0.6) is 0 Å². The molecular weight excluding hydrogens is 220 g/mol. The van der Waals surface area contributed by atoms with Gasteiger partial charge in [-0.15, -0.1) is 0 Å². The van der Waals surface area contributed by atoms with E-state index in [1.807, 2.05) is 6.07 Å². The lowest BCUT2D eigenvalue weighted by Gasteiger charge is -2.17. The molecule has 0 spiro atoms. The maximum absolute atomic E-state index is 6.21. The van der Waals surface area contributed by atoms with Crippen molar-refractivity contribution in [2.45, 2.75) is 38.6 Å². The van der Waals surface area contributed by atoms with Crippen LogP contribution in [0.1, 0.15) is 44.2 Å². The van der Waals surface area contributed by atoms with Crippen LogP contribution in [0.2, 0.25) is 0 Å². The lowest BCUT2D eigenvalue weighted by atomic mass is 10.0. The van der Waals surface area contributed by atoms with Crippen LogP contribution >= 0.6 is 0 Å². The number of nitrogens with two attached hydrogens (primary N) is 1. The van der Waals surface area contributed by atoms with E-state index in [1.54, 1.807) is 0 Å². The number of nitrogens with zero attached hydrogens (tertiary/aromatic N) is 1. The Morgan fingerprint density at radius 1 is 1.33 bits per heavy atom. The zero-order valence-electron chi connectivity index (χ0n) is 11.5. The molecule has 0 aromatic heterocycles. The molecule has 2 unspecified atom stereocenters. The van der Waals surface area contributed by atoms with Gasteiger partial charge in [-0.3, -0.25) is 0 Å². The lowest BCUT2D eigenvalue weighted by Crippen LogP contribution is -2.23. The number of likely N-dealkylation sites (tertiary alicyclic amines) is 1. The molecule has 0 bridgehead atoms. The molecular formula is C16H26N2. The molecule has 2 rings (SSSR count). The van der Waals surface area contributed by atoms with E-state index in [0.717, 1.165) is 12.3 Å². The molecule has 18 heavy (non-hydrogen) atoms. The van der Waals surface area contributed by atoms with Crippen LogP contribution in [0.3, 0.4) is 0 Å². The Bertz CT molecular complexity index is 336. The highest BCUT2D eigenvalue weighted by Gasteiger charge is 2.20. The fourth-order valence-corrected chi connectivity index (χ4v) is 2.85. The summed E-state index contributed by atoms with van der Waals surface area (Å²) < 4.78 is 0. The highest BCUT2D eigenvalue weighted by atomic mass is 15.1. The van der Waals surface area contributed by atoms with Crippen LogP contribution in [0, 0.1) is 5.92 Å².